The van der Waals surface area contributed by atoms with Crippen LogP contribution in [0.2, 0.25) is 0 Å². The van der Waals surface area contributed by atoms with E-state index in [0.29, 0.717) is 17.0 Å². The molecule has 0 spiro atoms. The van der Waals surface area contributed by atoms with Crippen molar-refractivity contribution in [1.82, 2.24) is 5.32 Å². The Labute approximate surface area is 140 Å². The van der Waals surface area contributed by atoms with Crippen molar-refractivity contribution in [1.29, 1.82) is 0 Å². The van der Waals surface area contributed by atoms with Crippen LogP contribution in [-0.4, -0.2) is 18.9 Å². The summed E-state index contributed by atoms with van der Waals surface area (Å²) < 4.78 is 0. The normalized spacial score (nSPS) is 10.5. The Bertz CT molecular complexity index is 763. The predicted octanol–water partition coefficient (Wildman–Crippen LogP) is 3.52. The molecule has 0 unspecified atom stereocenters. The Morgan fingerprint density at radius 2 is 1.78 bits per heavy atom. The Hall–Kier alpha value is -2.14. The van der Waals surface area contributed by atoms with E-state index >= 15 is 0 Å². The summed E-state index contributed by atoms with van der Waals surface area (Å²) in [6.45, 7) is 7.93. The van der Waals surface area contributed by atoms with Gasteiger partial charge in [0, 0.05) is 11.9 Å². The van der Waals surface area contributed by atoms with Gasteiger partial charge in [-0.15, -0.1) is 11.3 Å². The Morgan fingerprint density at radius 1 is 1.09 bits per heavy atom. The molecule has 0 bridgehead atoms. The number of nitrogens with one attached hydrogen (secondary N) is 2. The van der Waals surface area contributed by atoms with Crippen molar-refractivity contribution in [3.8, 4) is 0 Å². The summed E-state index contributed by atoms with van der Waals surface area (Å²) in [6, 6.07) is 6.01. The smallest absolute Gasteiger partial charge is 0.254 e. The molecule has 23 heavy (non-hydrogen) atoms. The highest BCUT2D eigenvalue weighted by Gasteiger charge is 2.20. The van der Waals surface area contributed by atoms with Crippen molar-refractivity contribution < 1.29 is 9.59 Å². The summed E-state index contributed by atoms with van der Waals surface area (Å²) in [7, 11) is 1.59. The fourth-order valence-electron chi connectivity index (χ4n) is 2.38. The van der Waals surface area contributed by atoms with Crippen LogP contribution in [0.3, 0.4) is 0 Å². The van der Waals surface area contributed by atoms with E-state index < -0.39 is 0 Å². The van der Waals surface area contributed by atoms with E-state index in [9.17, 15) is 9.59 Å². The highest BCUT2D eigenvalue weighted by atomic mass is 32.1. The molecule has 5 heteroatoms. The van der Waals surface area contributed by atoms with Crippen molar-refractivity contribution in [3.05, 3.63) is 50.9 Å². The van der Waals surface area contributed by atoms with Gasteiger partial charge in [0.15, 0.2) is 0 Å². The predicted molar refractivity (Wildman–Crippen MR) is 95.4 cm³/mol. The number of rotatable bonds is 4. The molecule has 2 rings (SSSR count). The van der Waals surface area contributed by atoms with E-state index in [1.807, 2.05) is 45.9 Å². The number of anilines is 1. The summed E-state index contributed by atoms with van der Waals surface area (Å²) in [4.78, 5) is 25.4. The third-order valence-corrected chi connectivity index (χ3v) is 5.15. The molecule has 0 saturated carbocycles. The van der Waals surface area contributed by atoms with E-state index in [0.717, 1.165) is 16.0 Å². The van der Waals surface area contributed by atoms with Crippen molar-refractivity contribution in [2.45, 2.75) is 34.1 Å². The molecule has 0 saturated heterocycles. The molecule has 2 amide bonds. The van der Waals surface area contributed by atoms with Crippen LogP contribution in [0.15, 0.2) is 18.2 Å². The van der Waals surface area contributed by atoms with E-state index in [4.69, 9.17) is 0 Å². The van der Waals surface area contributed by atoms with Gasteiger partial charge in [0.2, 0.25) is 5.91 Å². The monoisotopic (exact) mass is 330 g/mol. The highest BCUT2D eigenvalue weighted by Crippen LogP contribution is 2.32. The standard InChI is InChI=1S/C18H22N2O2S/c1-10-6-7-14(8-11(10)2)9-15(21)20-18-16(17(22)19-5)12(3)13(4)23-18/h6-8H,9H2,1-5H3,(H,19,22)(H,20,21). The number of carbonyl (C=O) groups is 2. The molecule has 0 atom stereocenters. The first-order valence-corrected chi connectivity index (χ1v) is 8.33. The molecular formula is C18H22N2O2S. The molecule has 122 valence electrons. The summed E-state index contributed by atoms with van der Waals surface area (Å²) in [6.07, 6.45) is 0.296. The van der Waals surface area contributed by atoms with E-state index in [1.165, 1.54) is 22.5 Å². The van der Waals surface area contributed by atoms with Crippen molar-refractivity contribution >= 4 is 28.2 Å². The molecule has 0 radical (unpaired) electrons. The third-order valence-electron chi connectivity index (χ3n) is 4.03. The minimum atomic E-state index is -0.173. The van der Waals surface area contributed by atoms with Crippen LogP contribution in [0, 0.1) is 27.7 Å². The number of amides is 2. The Balaban J connectivity index is 2.18. The Morgan fingerprint density at radius 3 is 2.39 bits per heavy atom. The minimum Gasteiger partial charge on any atom is -0.355 e. The minimum absolute atomic E-state index is 0.111. The maximum absolute atomic E-state index is 12.3. The number of thiophene rings is 1. The van der Waals surface area contributed by atoms with E-state index in [1.54, 1.807) is 7.05 Å². The lowest BCUT2D eigenvalue weighted by Gasteiger charge is -2.08. The van der Waals surface area contributed by atoms with Gasteiger partial charge in [0.1, 0.15) is 5.00 Å². The number of hydrogen-bond donors (Lipinski definition) is 2. The summed E-state index contributed by atoms with van der Waals surface area (Å²) in [5.41, 5.74) is 4.82. The van der Waals surface area contributed by atoms with Gasteiger partial charge in [-0.3, -0.25) is 9.59 Å². The summed E-state index contributed by atoms with van der Waals surface area (Å²) in [5.74, 6) is -0.284. The van der Waals surface area contributed by atoms with Crippen molar-refractivity contribution in [2.75, 3.05) is 12.4 Å². The second-order valence-electron chi connectivity index (χ2n) is 5.71. The quantitative estimate of drug-likeness (QED) is 0.901. The molecule has 0 fully saturated rings. The Kier molecular flexibility index (Phi) is 5.21. The van der Waals surface area contributed by atoms with Crippen LogP contribution in [0.1, 0.15) is 37.5 Å². The lowest BCUT2D eigenvalue weighted by molar-refractivity contribution is -0.115. The molecular weight excluding hydrogens is 308 g/mol. The van der Waals surface area contributed by atoms with Gasteiger partial charge in [-0.25, -0.2) is 0 Å². The third kappa shape index (κ3) is 3.79. The first-order valence-electron chi connectivity index (χ1n) is 7.51. The van der Waals surface area contributed by atoms with Gasteiger partial charge < -0.3 is 10.6 Å². The van der Waals surface area contributed by atoms with Crippen molar-refractivity contribution in [3.63, 3.8) is 0 Å². The number of hydrogen-bond acceptors (Lipinski definition) is 3. The number of benzene rings is 1. The fourth-order valence-corrected chi connectivity index (χ4v) is 3.46. The summed E-state index contributed by atoms with van der Waals surface area (Å²) >= 11 is 1.44. The maximum Gasteiger partial charge on any atom is 0.254 e. The van der Waals surface area contributed by atoms with Gasteiger partial charge in [0.05, 0.1) is 12.0 Å². The highest BCUT2D eigenvalue weighted by molar-refractivity contribution is 7.16. The lowest BCUT2D eigenvalue weighted by Crippen LogP contribution is -2.21. The zero-order chi connectivity index (χ0) is 17.1. The van der Waals surface area contributed by atoms with Crippen LogP contribution >= 0.6 is 11.3 Å². The molecule has 0 aliphatic heterocycles. The van der Waals surface area contributed by atoms with Crippen LogP contribution < -0.4 is 10.6 Å². The maximum atomic E-state index is 12.3. The molecule has 0 aliphatic rings. The van der Waals surface area contributed by atoms with Gasteiger partial charge in [0.25, 0.3) is 5.91 Å². The van der Waals surface area contributed by atoms with Crippen LogP contribution in [0.25, 0.3) is 0 Å². The largest absolute Gasteiger partial charge is 0.355 e. The topological polar surface area (TPSA) is 58.2 Å². The summed E-state index contributed by atoms with van der Waals surface area (Å²) in [5, 5.41) is 6.14. The van der Waals surface area contributed by atoms with Crippen LogP contribution in [-0.2, 0) is 11.2 Å². The average Bonchev–Trinajstić information content (AvgIpc) is 2.76. The molecule has 1 heterocycles. The molecule has 2 aromatic rings. The molecule has 0 aliphatic carbocycles. The zero-order valence-electron chi connectivity index (χ0n) is 14.2. The fraction of sp³-hybridized carbons (Fsp3) is 0.333. The second kappa shape index (κ2) is 6.96. The van der Waals surface area contributed by atoms with E-state index in [-0.39, 0.29) is 11.8 Å². The van der Waals surface area contributed by atoms with Crippen molar-refractivity contribution in [2.24, 2.45) is 0 Å². The van der Waals surface area contributed by atoms with Gasteiger partial charge >= 0.3 is 0 Å². The molecule has 2 N–H and O–H groups in total. The molecule has 1 aromatic carbocycles. The second-order valence-corrected chi connectivity index (χ2v) is 6.93. The van der Waals surface area contributed by atoms with Gasteiger partial charge in [-0.1, -0.05) is 18.2 Å². The first-order chi connectivity index (χ1) is 10.8. The first kappa shape index (κ1) is 17.2. The lowest BCUT2D eigenvalue weighted by atomic mass is 10.0. The van der Waals surface area contributed by atoms with Gasteiger partial charge in [-0.05, 0) is 49.9 Å². The van der Waals surface area contributed by atoms with Crippen LogP contribution in [0.5, 0.6) is 0 Å². The molecule has 4 nitrogen and oxygen atoms in total. The average molecular weight is 330 g/mol. The van der Waals surface area contributed by atoms with Gasteiger partial charge in [-0.2, -0.15) is 0 Å². The SMILES string of the molecule is CNC(=O)c1c(NC(=O)Cc2ccc(C)c(C)c2)sc(C)c1C. The number of aryl methyl sites for hydroxylation is 3. The zero-order valence-corrected chi connectivity index (χ0v) is 15.0. The molecule has 1 aromatic heterocycles. The van der Waals surface area contributed by atoms with Crippen LogP contribution in [0.4, 0.5) is 5.00 Å². The van der Waals surface area contributed by atoms with E-state index in [2.05, 4.69) is 10.6 Å². The number of carbonyl (C=O) groups excluding carboxylic acids is 2.